The van der Waals surface area contributed by atoms with Crippen molar-refractivity contribution in [3.05, 3.63) is 23.5 Å². The molecule has 5 heteroatoms. The van der Waals surface area contributed by atoms with Crippen LogP contribution in [0.15, 0.2) is 23.5 Å². The van der Waals surface area contributed by atoms with E-state index in [1.807, 2.05) is 13.2 Å². The van der Waals surface area contributed by atoms with E-state index in [0.717, 1.165) is 52.1 Å². The summed E-state index contributed by atoms with van der Waals surface area (Å²) in [7, 11) is 1.81. The summed E-state index contributed by atoms with van der Waals surface area (Å²) in [6.07, 6.45) is 7.70. The first kappa shape index (κ1) is 17.3. The van der Waals surface area contributed by atoms with Crippen LogP contribution >= 0.6 is 0 Å². The van der Waals surface area contributed by atoms with Gasteiger partial charge in [0.25, 0.3) is 0 Å². The van der Waals surface area contributed by atoms with Crippen molar-refractivity contribution < 1.29 is 9.47 Å². The quantitative estimate of drug-likeness (QED) is 0.696. The van der Waals surface area contributed by atoms with E-state index in [9.17, 15) is 0 Å². The molecule has 22 heavy (non-hydrogen) atoms. The number of nitrogens with two attached hydrogens (primary N) is 2. The maximum absolute atomic E-state index is 5.62. The molecule has 2 aliphatic rings. The van der Waals surface area contributed by atoms with Crippen LogP contribution in [0.2, 0.25) is 0 Å². The second-order valence-electron chi connectivity index (χ2n) is 6.40. The van der Waals surface area contributed by atoms with Crippen molar-refractivity contribution in [1.29, 1.82) is 0 Å². The van der Waals surface area contributed by atoms with E-state index in [0.29, 0.717) is 23.8 Å². The van der Waals surface area contributed by atoms with Gasteiger partial charge in [0.15, 0.2) is 0 Å². The van der Waals surface area contributed by atoms with Crippen LogP contribution in [0.1, 0.15) is 26.2 Å². The first-order chi connectivity index (χ1) is 10.6. The van der Waals surface area contributed by atoms with Crippen molar-refractivity contribution in [1.82, 2.24) is 4.90 Å². The molecule has 2 heterocycles. The van der Waals surface area contributed by atoms with E-state index in [4.69, 9.17) is 20.9 Å². The van der Waals surface area contributed by atoms with Crippen molar-refractivity contribution >= 4 is 0 Å². The Morgan fingerprint density at radius 2 is 2.18 bits per heavy atom. The van der Waals surface area contributed by atoms with Crippen molar-refractivity contribution in [3.63, 3.8) is 0 Å². The predicted octanol–water partition coefficient (Wildman–Crippen LogP) is 1.46. The zero-order chi connectivity index (χ0) is 15.9. The predicted molar refractivity (Wildman–Crippen MR) is 89.1 cm³/mol. The van der Waals surface area contributed by atoms with E-state index in [2.05, 4.69) is 17.9 Å². The van der Waals surface area contributed by atoms with Crippen molar-refractivity contribution in [2.45, 2.75) is 32.3 Å². The zero-order valence-electron chi connectivity index (χ0n) is 14.0. The van der Waals surface area contributed by atoms with E-state index in [1.54, 1.807) is 0 Å². The summed E-state index contributed by atoms with van der Waals surface area (Å²) in [5.41, 5.74) is 12.7. The van der Waals surface area contributed by atoms with Gasteiger partial charge in [-0.3, -0.25) is 0 Å². The van der Waals surface area contributed by atoms with Crippen molar-refractivity contribution in [3.8, 4) is 0 Å². The molecule has 3 atom stereocenters. The average molecular weight is 309 g/mol. The normalized spacial score (nSPS) is 28.0. The van der Waals surface area contributed by atoms with E-state index in [1.165, 1.54) is 5.57 Å². The standard InChI is InChI=1S/C17H31N3O2/c1-3-13(10-20-8-6-15(11-20)21-2)16(4-5-17(18)19)14-7-9-22-12-14/h4-5,13-15H,3,6-12,18-19H2,1-2H3/b16-4+/t13?,14?,15-/m1/s1. The number of allylic oxidation sites excluding steroid dienone is 2. The van der Waals surface area contributed by atoms with Crippen LogP contribution in [0.25, 0.3) is 0 Å². The lowest BCUT2D eigenvalue weighted by atomic mass is 9.84. The molecule has 5 nitrogen and oxygen atoms in total. The first-order valence-electron chi connectivity index (χ1n) is 8.39. The Labute approximate surface area is 134 Å². The minimum atomic E-state index is 0.367. The third-order valence-electron chi connectivity index (χ3n) is 4.87. The smallest absolute Gasteiger partial charge is 0.0933 e. The highest BCUT2D eigenvalue weighted by Gasteiger charge is 2.29. The number of ether oxygens (including phenoxy) is 2. The Bertz CT molecular complexity index is 399. The minimum Gasteiger partial charge on any atom is -0.386 e. The highest BCUT2D eigenvalue weighted by Crippen LogP contribution is 2.31. The molecule has 0 amide bonds. The lowest BCUT2D eigenvalue weighted by Gasteiger charge is -2.28. The summed E-state index contributed by atoms with van der Waals surface area (Å²) in [5.74, 6) is 1.39. The number of hydrogen-bond acceptors (Lipinski definition) is 5. The van der Waals surface area contributed by atoms with Crippen LogP contribution in [0, 0.1) is 11.8 Å². The Balaban J connectivity index is 2.06. The van der Waals surface area contributed by atoms with Crippen molar-refractivity contribution in [2.75, 3.05) is 40.0 Å². The lowest BCUT2D eigenvalue weighted by molar-refractivity contribution is 0.106. The SMILES string of the molecule is CCC(CN1CC[C@@H](OC)C1)/C(=C\C=C(N)N)C1CCOC1. The molecule has 2 fully saturated rings. The van der Waals surface area contributed by atoms with Crippen LogP contribution in [-0.2, 0) is 9.47 Å². The lowest BCUT2D eigenvalue weighted by Crippen LogP contribution is -2.31. The summed E-state index contributed by atoms with van der Waals surface area (Å²) in [5, 5.41) is 0. The van der Waals surface area contributed by atoms with Gasteiger partial charge >= 0.3 is 0 Å². The molecular formula is C17H31N3O2. The molecule has 0 aromatic carbocycles. The van der Waals surface area contributed by atoms with Gasteiger partial charge in [-0.25, -0.2) is 0 Å². The third kappa shape index (κ3) is 4.73. The summed E-state index contributed by atoms with van der Waals surface area (Å²) in [6.45, 7) is 7.18. The number of methoxy groups -OCH3 is 1. The second-order valence-corrected chi connectivity index (χ2v) is 6.40. The minimum absolute atomic E-state index is 0.367. The largest absolute Gasteiger partial charge is 0.386 e. The molecule has 126 valence electrons. The molecule has 0 aliphatic carbocycles. The Morgan fingerprint density at radius 3 is 2.73 bits per heavy atom. The molecule has 0 spiro atoms. The number of rotatable bonds is 7. The highest BCUT2D eigenvalue weighted by atomic mass is 16.5. The molecular weight excluding hydrogens is 278 g/mol. The van der Waals surface area contributed by atoms with Crippen LogP contribution < -0.4 is 11.5 Å². The van der Waals surface area contributed by atoms with E-state index >= 15 is 0 Å². The van der Waals surface area contributed by atoms with Gasteiger partial charge in [-0.05, 0) is 31.3 Å². The monoisotopic (exact) mass is 309 g/mol. The fourth-order valence-electron chi connectivity index (χ4n) is 3.53. The van der Waals surface area contributed by atoms with Gasteiger partial charge in [-0.15, -0.1) is 0 Å². The molecule has 2 aliphatic heterocycles. The molecule has 0 aromatic heterocycles. The molecule has 0 bridgehead atoms. The van der Waals surface area contributed by atoms with Gasteiger partial charge in [-0.1, -0.05) is 18.6 Å². The Hall–Kier alpha value is -1.04. The van der Waals surface area contributed by atoms with Crippen LogP contribution in [0.3, 0.4) is 0 Å². The van der Waals surface area contributed by atoms with E-state index in [-0.39, 0.29) is 0 Å². The first-order valence-corrected chi connectivity index (χ1v) is 8.39. The maximum Gasteiger partial charge on any atom is 0.0933 e. The molecule has 2 saturated heterocycles. The number of nitrogens with zero attached hydrogens (tertiary/aromatic N) is 1. The molecule has 2 rings (SSSR count). The van der Waals surface area contributed by atoms with Crippen molar-refractivity contribution in [2.24, 2.45) is 23.3 Å². The Kier molecular flexibility index (Phi) is 6.73. The van der Waals surface area contributed by atoms with Gasteiger partial charge in [0.05, 0.1) is 18.5 Å². The molecule has 0 aromatic rings. The molecule has 2 unspecified atom stereocenters. The van der Waals surface area contributed by atoms with Gasteiger partial charge in [0.1, 0.15) is 0 Å². The summed E-state index contributed by atoms with van der Waals surface area (Å²) >= 11 is 0. The van der Waals surface area contributed by atoms with Gasteiger partial charge in [0.2, 0.25) is 0 Å². The van der Waals surface area contributed by atoms with Gasteiger partial charge in [-0.2, -0.15) is 0 Å². The summed E-state index contributed by atoms with van der Waals surface area (Å²) < 4.78 is 11.1. The van der Waals surface area contributed by atoms with Gasteiger partial charge in [0, 0.05) is 39.3 Å². The third-order valence-corrected chi connectivity index (χ3v) is 4.87. The fourth-order valence-corrected chi connectivity index (χ4v) is 3.53. The average Bonchev–Trinajstić information content (AvgIpc) is 3.17. The Morgan fingerprint density at radius 1 is 1.36 bits per heavy atom. The van der Waals surface area contributed by atoms with Crippen LogP contribution in [-0.4, -0.2) is 51.0 Å². The van der Waals surface area contributed by atoms with Crippen LogP contribution in [0.4, 0.5) is 0 Å². The summed E-state index contributed by atoms with van der Waals surface area (Å²) in [4.78, 5) is 2.52. The number of likely N-dealkylation sites (tertiary alicyclic amines) is 1. The summed E-state index contributed by atoms with van der Waals surface area (Å²) in [6, 6.07) is 0. The van der Waals surface area contributed by atoms with Gasteiger partial charge < -0.3 is 25.8 Å². The molecule has 4 N–H and O–H groups in total. The highest BCUT2D eigenvalue weighted by molar-refractivity contribution is 5.21. The maximum atomic E-state index is 5.62. The zero-order valence-corrected chi connectivity index (χ0v) is 14.0. The topological polar surface area (TPSA) is 73.7 Å². The fraction of sp³-hybridized carbons (Fsp3) is 0.765. The molecule has 0 radical (unpaired) electrons. The number of hydrogen-bond donors (Lipinski definition) is 2. The molecule has 0 saturated carbocycles. The van der Waals surface area contributed by atoms with E-state index < -0.39 is 0 Å². The van der Waals surface area contributed by atoms with Crippen LogP contribution in [0.5, 0.6) is 0 Å². The second kappa shape index (κ2) is 8.56.